The van der Waals surface area contributed by atoms with Crippen LogP contribution in [0.1, 0.15) is 43.3 Å². The molecule has 148 valence electrons. The van der Waals surface area contributed by atoms with Gasteiger partial charge in [-0.2, -0.15) is 0 Å². The zero-order valence-electron chi connectivity index (χ0n) is 16.2. The highest BCUT2D eigenvalue weighted by molar-refractivity contribution is 7.99. The number of rotatable bonds is 6. The number of aromatic nitrogens is 3. The van der Waals surface area contributed by atoms with Gasteiger partial charge < -0.3 is 9.32 Å². The summed E-state index contributed by atoms with van der Waals surface area (Å²) in [6.45, 7) is 6.92. The van der Waals surface area contributed by atoms with Crippen molar-refractivity contribution in [3.05, 3.63) is 59.8 Å². The van der Waals surface area contributed by atoms with Crippen LogP contribution < -0.4 is 4.90 Å². The zero-order valence-corrected chi connectivity index (χ0v) is 17.0. The van der Waals surface area contributed by atoms with Gasteiger partial charge in [-0.1, -0.05) is 30.8 Å². The molecular weight excluding hydrogens is 375 g/mol. The lowest BCUT2D eigenvalue weighted by Gasteiger charge is -2.31. The number of furan rings is 1. The van der Waals surface area contributed by atoms with E-state index in [-0.39, 0.29) is 11.1 Å². The molecule has 4 rings (SSSR count). The van der Waals surface area contributed by atoms with Crippen LogP contribution in [0.2, 0.25) is 0 Å². The van der Waals surface area contributed by atoms with Crippen LogP contribution in [0.15, 0.2) is 52.2 Å². The number of piperidine rings is 1. The molecule has 1 aliphatic heterocycles. The second-order valence-electron chi connectivity index (χ2n) is 7.43. The molecule has 0 N–H and O–H groups in total. The van der Waals surface area contributed by atoms with Gasteiger partial charge in [0.25, 0.3) is 0 Å². The average Bonchev–Trinajstić information content (AvgIpc) is 3.34. The summed E-state index contributed by atoms with van der Waals surface area (Å²) in [5.41, 5.74) is 0.936. The molecule has 7 heteroatoms. The molecule has 2 aromatic heterocycles. The van der Waals surface area contributed by atoms with Gasteiger partial charge >= 0.3 is 0 Å². The van der Waals surface area contributed by atoms with Crippen molar-refractivity contribution in [1.29, 1.82) is 0 Å². The number of halogens is 1. The summed E-state index contributed by atoms with van der Waals surface area (Å²) in [6, 6.07) is 10.6. The third-order valence-electron chi connectivity index (χ3n) is 5.26. The van der Waals surface area contributed by atoms with Crippen LogP contribution in [-0.2, 0) is 6.54 Å². The van der Waals surface area contributed by atoms with Gasteiger partial charge in [0.15, 0.2) is 5.16 Å². The van der Waals surface area contributed by atoms with Gasteiger partial charge in [0.2, 0.25) is 5.95 Å². The van der Waals surface area contributed by atoms with Gasteiger partial charge in [0, 0.05) is 18.3 Å². The molecule has 1 unspecified atom stereocenters. The van der Waals surface area contributed by atoms with Crippen molar-refractivity contribution >= 4 is 17.7 Å². The van der Waals surface area contributed by atoms with Gasteiger partial charge in [0.05, 0.1) is 12.8 Å². The molecule has 1 aromatic carbocycles. The summed E-state index contributed by atoms with van der Waals surface area (Å²) in [7, 11) is 0. The molecule has 0 saturated carbocycles. The quantitative estimate of drug-likeness (QED) is 0.536. The molecular formula is C21H25FN4OS. The Labute approximate surface area is 168 Å². The van der Waals surface area contributed by atoms with E-state index in [9.17, 15) is 4.39 Å². The number of nitrogens with zero attached hydrogens (tertiary/aromatic N) is 4. The third kappa shape index (κ3) is 4.24. The molecule has 3 heterocycles. The standard InChI is InChI=1S/C21H25FN4OS/c1-15-8-10-25(11-9-15)20-23-24-21(26(20)14-19-7-4-12-27-19)28-16(2)17-5-3-6-18(22)13-17/h3-7,12-13,15-16H,8-11,14H2,1-2H3. The fourth-order valence-corrected chi connectivity index (χ4v) is 4.45. The Kier molecular flexibility index (Phi) is 5.71. The highest BCUT2D eigenvalue weighted by atomic mass is 32.2. The molecule has 3 aromatic rings. The minimum absolute atomic E-state index is 0.0597. The van der Waals surface area contributed by atoms with E-state index in [4.69, 9.17) is 4.42 Å². The van der Waals surface area contributed by atoms with Crippen LogP contribution in [0.5, 0.6) is 0 Å². The number of hydrogen-bond donors (Lipinski definition) is 0. The van der Waals surface area contributed by atoms with Crippen LogP contribution >= 0.6 is 11.8 Å². The van der Waals surface area contributed by atoms with Crippen molar-refractivity contribution < 1.29 is 8.81 Å². The molecule has 1 atom stereocenters. The van der Waals surface area contributed by atoms with E-state index in [0.717, 1.165) is 54.3 Å². The first-order chi connectivity index (χ1) is 13.6. The first-order valence-electron chi connectivity index (χ1n) is 9.73. The van der Waals surface area contributed by atoms with E-state index in [0.29, 0.717) is 6.54 Å². The second kappa shape index (κ2) is 8.39. The number of anilines is 1. The normalized spacial score (nSPS) is 16.5. The molecule has 28 heavy (non-hydrogen) atoms. The largest absolute Gasteiger partial charge is 0.467 e. The number of thioether (sulfide) groups is 1. The van der Waals surface area contributed by atoms with Crippen molar-refractivity contribution in [2.75, 3.05) is 18.0 Å². The fraction of sp³-hybridized carbons (Fsp3) is 0.429. The summed E-state index contributed by atoms with van der Waals surface area (Å²) < 4.78 is 21.3. The maximum absolute atomic E-state index is 13.6. The predicted octanol–water partition coefficient (Wildman–Crippen LogP) is 5.15. The summed E-state index contributed by atoms with van der Waals surface area (Å²) in [4.78, 5) is 2.31. The lowest BCUT2D eigenvalue weighted by Crippen LogP contribution is -2.35. The molecule has 0 aliphatic carbocycles. The molecule has 1 aliphatic rings. The Morgan fingerprint density at radius 3 is 2.75 bits per heavy atom. The fourth-order valence-electron chi connectivity index (χ4n) is 3.49. The molecule has 0 radical (unpaired) electrons. The van der Waals surface area contributed by atoms with Crippen molar-refractivity contribution in [3.8, 4) is 0 Å². The van der Waals surface area contributed by atoms with Gasteiger partial charge in [-0.05, 0) is 55.5 Å². The molecule has 1 fully saturated rings. The monoisotopic (exact) mass is 400 g/mol. The van der Waals surface area contributed by atoms with Gasteiger partial charge in [0.1, 0.15) is 11.6 Å². The van der Waals surface area contributed by atoms with Gasteiger partial charge in [-0.15, -0.1) is 10.2 Å². The summed E-state index contributed by atoms with van der Waals surface area (Å²) in [5.74, 6) is 2.29. The lowest BCUT2D eigenvalue weighted by atomic mass is 10.00. The average molecular weight is 401 g/mol. The maximum Gasteiger partial charge on any atom is 0.228 e. The van der Waals surface area contributed by atoms with E-state index in [1.807, 2.05) is 18.2 Å². The van der Waals surface area contributed by atoms with E-state index in [2.05, 4.69) is 33.5 Å². The lowest BCUT2D eigenvalue weighted by molar-refractivity contribution is 0.427. The van der Waals surface area contributed by atoms with Crippen molar-refractivity contribution in [2.45, 2.75) is 43.6 Å². The van der Waals surface area contributed by atoms with Gasteiger partial charge in [-0.25, -0.2) is 4.39 Å². The van der Waals surface area contributed by atoms with Crippen LogP contribution in [0.4, 0.5) is 10.3 Å². The Morgan fingerprint density at radius 2 is 2.04 bits per heavy atom. The topological polar surface area (TPSA) is 47.1 Å². The predicted molar refractivity (Wildman–Crippen MR) is 109 cm³/mol. The number of benzene rings is 1. The van der Waals surface area contributed by atoms with E-state index < -0.39 is 0 Å². The number of hydrogen-bond acceptors (Lipinski definition) is 5. The van der Waals surface area contributed by atoms with Crippen LogP contribution in [0.3, 0.4) is 0 Å². The summed E-state index contributed by atoms with van der Waals surface area (Å²) in [6.07, 6.45) is 4.01. The maximum atomic E-state index is 13.6. The van der Waals surface area contributed by atoms with Crippen LogP contribution in [0, 0.1) is 11.7 Å². The molecule has 5 nitrogen and oxygen atoms in total. The van der Waals surface area contributed by atoms with E-state index >= 15 is 0 Å². The minimum Gasteiger partial charge on any atom is -0.467 e. The Morgan fingerprint density at radius 1 is 1.21 bits per heavy atom. The van der Waals surface area contributed by atoms with Crippen molar-refractivity contribution in [2.24, 2.45) is 5.92 Å². The van der Waals surface area contributed by atoms with Crippen LogP contribution in [-0.4, -0.2) is 27.9 Å². The second-order valence-corrected chi connectivity index (χ2v) is 8.74. The highest BCUT2D eigenvalue weighted by Crippen LogP contribution is 2.36. The summed E-state index contributed by atoms with van der Waals surface area (Å²) >= 11 is 1.59. The first kappa shape index (κ1) is 19.1. The molecule has 0 bridgehead atoms. The third-order valence-corrected chi connectivity index (χ3v) is 6.40. The minimum atomic E-state index is -0.217. The Bertz CT molecular complexity index is 903. The first-order valence-corrected chi connectivity index (χ1v) is 10.6. The van der Waals surface area contributed by atoms with Crippen LogP contribution in [0.25, 0.3) is 0 Å². The van der Waals surface area contributed by atoms with Crippen molar-refractivity contribution in [3.63, 3.8) is 0 Å². The SMILES string of the molecule is CC1CCN(c2nnc(SC(C)c3cccc(F)c3)n2Cc2ccco2)CC1. The molecule has 0 amide bonds. The molecule has 0 spiro atoms. The van der Waals surface area contributed by atoms with Gasteiger partial charge in [-0.3, -0.25) is 4.57 Å². The highest BCUT2D eigenvalue weighted by Gasteiger charge is 2.24. The summed E-state index contributed by atoms with van der Waals surface area (Å²) in [5, 5.41) is 9.87. The van der Waals surface area contributed by atoms with E-state index in [1.165, 1.54) is 6.07 Å². The zero-order chi connectivity index (χ0) is 19.5. The van der Waals surface area contributed by atoms with E-state index in [1.54, 1.807) is 30.2 Å². The van der Waals surface area contributed by atoms with Crippen molar-refractivity contribution in [1.82, 2.24) is 14.8 Å². The Balaban J connectivity index is 1.60. The molecule has 1 saturated heterocycles. The Hall–Kier alpha value is -2.28. The smallest absolute Gasteiger partial charge is 0.228 e.